The number of nitrogens with one attached hydrogen (secondary N) is 1. The van der Waals surface area contributed by atoms with Crippen molar-refractivity contribution in [2.24, 2.45) is 0 Å². The lowest BCUT2D eigenvalue weighted by molar-refractivity contribution is 0.0103. The Hall–Kier alpha value is -1.30. The maximum atomic E-state index is 9.77. The molecular formula is C15H26N2O3. The van der Waals surface area contributed by atoms with Crippen molar-refractivity contribution < 1.29 is 14.6 Å². The highest BCUT2D eigenvalue weighted by Gasteiger charge is 2.04. The number of ether oxygens (including phenoxy) is 2. The predicted molar refractivity (Wildman–Crippen MR) is 82.6 cm³/mol. The Morgan fingerprint density at radius 3 is 2.40 bits per heavy atom. The van der Waals surface area contributed by atoms with Crippen LogP contribution in [-0.4, -0.2) is 58.3 Å². The first kappa shape index (κ1) is 16.8. The van der Waals surface area contributed by atoms with Gasteiger partial charge in [0.15, 0.2) is 0 Å². The van der Waals surface area contributed by atoms with Gasteiger partial charge >= 0.3 is 0 Å². The number of hydrogen-bond donors (Lipinski definition) is 2. The first-order valence-electron chi connectivity index (χ1n) is 6.98. The summed E-state index contributed by atoms with van der Waals surface area (Å²) in [6.45, 7) is 4.51. The van der Waals surface area contributed by atoms with Gasteiger partial charge in [-0.15, -0.1) is 0 Å². The van der Waals surface area contributed by atoms with Gasteiger partial charge in [-0.2, -0.15) is 0 Å². The quantitative estimate of drug-likeness (QED) is 0.638. The van der Waals surface area contributed by atoms with Crippen LogP contribution in [0.25, 0.3) is 0 Å². The summed E-state index contributed by atoms with van der Waals surface area (Å²) >= 11 is 0. The average Bonchev–Trinajstić information content (AvgIpc) is 2.45. The van der Waals surface area contributed by atoms with Gasteiger partial charge in [-0.05, 0) is 31.2 Å². The second-order valence-electron chi connectivity index (χ2n) is 4.75. The van der Waals surface area contributed by atoms with Crippen molar-refractivity contribution >= 4 is 11.4 Å². The van der Waals surface area contributed by atoms with Crippen LogP contribution in [0.5, 0.6) is 0 Å². The number of benzene rings is 1. The Morgan fingerprint density at radius 2 is 1.80 bits per heavy atom. The largest absolute Gasteiger partial charge is 0.389 e. The molecule has 2 N–H and O–H groups in total. The maximum absolute atomic E-state index is 9.77. The van der Waals surface area contributed by atoms with Crippen molar-refractivity contribution in [1.29, 1.82) is 0 Å². The van der Waals surface area contributed by atoms with Gasteiger partial charge in [0.2, 0.25) is 0 Å². The summed E-state index contributed by atoms with van der Waals surface area (Å²) in [5.74, 6) is 0. The molecule has 0 fully saturated rings. The molecule has 0 saturated heterocycles. The lowest BCUT2D eigenvalue weighted by atomic mass is 10.2. The van der Waals surface area contributed by atoms with E-state index in [2.05, 4.69) is 5.32 Å². The predicted octanol–water partition coefficient (Wildman–Crippen LogP) is 1.58. The molecule has 1 aromatic rings. The van der Waals surface area contributed by atoms with Gasteiger partial charge in [0.25, 0.3) is 0 Å². The lowest BCUT2D eigenvalue weighted by Crippen LogP contribution is -2.25. The third-order valence-electron chi connectivity index (χ3n) is 2.81. The van der Waals surface area contributed by atoms with Crippen molar-refractivity contribution in [3.8, 4) is 0 Å². The fourth-order valence-electron chi connectivity index (χ4n) is 1.65. The molecule has 0 heterocycles. The molecule has 0 spiro atoms. The van der Waals surface area contributed by atoms with Crippen LogP contribution in [0.4, 0.5) is 11.4 Å². The van der Waals surface area contributed by atoms with E-state index < -0.39 is 6.10 Å². The summed E-state index contributed by atoms with van der Waals surface area (Å²) < 4.78 is 10.5. The highest BCUT2D eigenvalue weighted by Crippen LogP contribution is 2.15. The highest BCUT2D eigenvalue weighted by molar-refractivity contribution is 5.54. The molecule has 1 unspecified atom stereocenters. The van der Waals surface area contributed by atoms with Gasteiger partial charge in [-0.25, -0.2) is 0 Å². The summed E-state index contributed by atoms with van der Waals surface area (Å²) in [6, 6.07) is 8.07. The Morgan fingerprint density at radius 1 is 1.15 bits per heavy atom. The Balaban J connectivity index is 2.18. The molecule has 0 radical (unpaired) electrons. The minimum absolute atomic E-state index is 0.315. The van der Waals surface area contributed by atoms with E-state index in [0.29, 0.717) is 33.0 Å². The molecule has 1 rings (SSSR count). The van der Waals surface area contributed by atoms with Gasteiger partial charge < -0.3 is 24.8 Å². The van der Waals surface area contributed by atoms with Crippen molar-refractivity contribution in [2.45, 2.75) is 13.0 Å². The minimum Gasteiger partial charge on any atom is -0.389 e. The molecule has 5 nitrogen and oxygen atoms in total. The zero-order chi connectivity index (χ0) is 14.8. The van der Waals surface area contributed by atoms with Crippen LogP contribution in [0.2, 0.25) is 0 Å². The molecule has 5 heteroatoms. The number of nitrogens with zero attached hydrogens (tertiary/aromatic N) is 1. The molecule has 1 aromatic carbocycles. The van der Waals surface area contributed by atoms with Crippen molar-refractivity contribution in [1.82, 2.24) is 0 Å². The molecular weight excluding hydrogens is 256 g/mol. The number of aliphatic hydroxyl groups excluding tert-OH is 1. The molecule has 0 bridgehead atoms. The zero-order valence-electron chi connectivity index (χ0n) is 12.6. The lowest BCUT2D eigenvalue weighted by Gasteiger charge is -2.15. The fraction of sp³-hybridized carbons (Fsp3) is 0.600. The van der Waals surface area contributed by atoms with Gasteiger partial charge in [-0.3, -0.25) is 0 Å². The molecule has 0 aliphatic heterocycles. The summed E-state index contributed by atoms with van der Waals surface area (Å²) in [7, 11) is 4.01. The van der Waals surface area contributed by atoms with Crippen LogP contribution in [0.1, 0.15) is 6.92 Å². The van der Waals surface area contributed by atoms with E-state index in [1.807, 2.05) is 50.2 Å². The number of aliphatic hydroxyl groups is 1. The van der Waals surface area contributed by atoms with Crippen molar-refractivity contribution in [3.05, 3.63) is 24.3 Å². The van der Waals surface area contributed by atoms with Gasteiger partial charge in [0.05, 0.1) is 25.9 Å². The third-order valence-corrected chi connectivity index (χ3v) is 2.81. The third kappa shape index (κ3) is 6.75. The molecule has 0 amide bonds. The average molecular weight is 282 g/mol. The maximum Gasteiger partial charge on any atom is 0.0945 e. The standard InChI is InChI=1S/C15H26N2O3/c1-4-19-9-10-20-12-15(18)11-16-13-5-7-14(8-6-13)17(2)3/h5-8,15-16,18H,4,9-12H2,1-3H3. The van der Waals surface area contributed by atoms with Crippen molar-refractivity contribution in [2.75, 3.05) is 57.3 Å². The van der Waals surface area contributed by atoms with Crippen LogP contribution in [0, 0.1) is 0 Å². The van der Waals surface area contributed by atoms with Gasteiger partial charge in [0.1, 0.15) is 0 Å². The van der Waals surface area contributed by atoms with E-state index in [-0.39, 0.29) is 0 Å². The Kier molecular flexibility index (Phi) is 8.02. The van der Waals surface area contributed by atoms with Crippen LogP contribution < -0.4 is 10.2 Å². The highest BCUT2D eigenvalue weighted by atomic mass is 16.5. The normalized spacial score (nSPS) is 12.2. The minimum atomic E-state index is -0.523. The molecule has 0 aliphatic rings. The molecule has 0 saturated carbocycles. The Bertz CT molecular complexity index is 355. The summed E-state index contributed by atoms with van der Waals surface area (Å²) in [4.78, 5) is 2.05. The van der Waals surface area contributed by atoms with Crippen LogP contribution >= 0.6 is 0 Å². The van der Waals surface area contributed by atoms with Crippen molar-refractivity contribution in [3.63, 3.8) is 0 Å². The number of anilines is 2. The van der Waals surface area contributed by atoms with E-state index in [1.165, 1.54) is 0 Å². The summed E-state index contributed by atoms with van der Waals surface area (Å²) in [6.07, 6.45) is -0.523. The zero-order valence-corrected chi connectivity index (χ0v) is 12.6. The second-order valence-corrected chi connectivity index (χ2v) is 4.75. The van der Waals surface area contributed by atoms with Crippen LogP contribution in [-0.2, 0) is 9.47 Å². The first-order valence-corrected chi connectivity index (χ1v) is 6.98. The first-order chi connectivity index (χ1) is 9.63. The van der Waals surface area contributed by atoms with E-state index in [9.17, 15) is 5.11 Å². The fourth-order valence-corrected chi connectivity index (χ4v) is 1.65. The van der Waals surface area contributed by atoms with Crippen LogP contribution in [0.3, 0.4) is 0 Å². The monoisotopic (exact) mass is 282 g/mol. The molecule has 20 heavy (non-hydrogen) atoms. The van der Waals surface area contributed by atoms with Crippen LogP contribution in [0.15, 0.2) is 24.3 Å². The van der Waals surface area contributed by atoms with Gasteiger partial charge in [-0.1, -0.05) is 0 Å². The SMILES string of the molecule is CCOCCOCC(O)CNc1ccc(N(C)C)cc1. The topological polar surface area (TPSA) is 54.0 Å². The van der Waals surface area contributed by atoms with E-state index in [0.717, 1.165) is 11.4 Å². The summed E-state index contributed by atoms with van der Waals surface area (Å²) in [5, 5.41) is 13.0. The van der Waals surface area contributed by atoms with E-state index in [4.69, 9.17) is 9.47 Å². The van der Waals surface area contributed by atoms with E-state index >= 15 is 0 Å². The number of hydrogen-bond acceptors (Lipinski definition) is 5. The number of rotatable bonds is 10. The molecule has 114 valence electrons. The van der Waals surface area contributed by atoms with E-state index in [1.54, 1.807) is 0 Å². The molecule has 1 atom stereocenters. The Labute approximate surface area is 121 Å². The molecule has 0 aromatic heterocycles. The second kappa shape index (κ2) is 9.58. The summed E-state index contributed by atoms with van der Waals surface area (Å²) in [5.41, 5.74) is 2.14. The molecule has 0 aliphatic carbocycles. The van der Waals surface area contributed by atoms with Gasteiger partial charge in [0, 0.05) is 38.6 Å². The smallest absolute Gasteiger partial charge is 0.0945 e.